The van der Waals surface area contributed by atoms with Crippen LogP contribution in [0.5, 0.6) is 0 Å². The smallest absolute Gasteiger partial charge is 0.242 e. The lowest BCUT2D eigenvalue weighted by Gasteiger charge is -2.33. The van der Waals surface area contributed by atoms with Gasteiger partial charge in [0.1, 0.15) is 5.54 Å². The molecule has 1 aromatic rings. The summed E-state index contributed by atoms with van der Waals surface area (Å²) in [6, 6.07) is 9.72. The summed E-state index contributed by atoms with van der Waals surface area (Å²) in [5.74, 6) is -0.521. The Bertz CT molecular complexity index is 379. The van der Waals surface area contributed by atoms with Gasteiger partial charge in [0.2, 0.25) is 5.91 Å². The van der Waals surface area contributed by atoms with Crippen LogP contribution < -0.4 is 11.1 Å². The van der Waals surface area contributed by atoms with Gasteiger partial charge in [-0.2, -0.15) is 0 Å². The van der Waals surface area contributed by atoms with E-state index in [0.29, 0.717) is 6.54 Å². The third-order valence-electron chi connectivity index (χ3n) is 2.91. The van der Waals surface area contributed by atoms with Gasteiger partial charge in [-0.1, -0.05) is 30.3 Å². The molecule has 1 aromatic carbocycles. The van der Waals surface area contributed by atoms with Crippen molar-refractivity contribution in [3.05, 3.63) is 35.9 Å². The number of hydrogen-bond acceptors (Lipinski definition) is 4. The molecule has 0 aliphatic carbocycles. The second kappa shape index (κ2) is 6.49. The molecule has 3 N–H and O–H groups in total. The highest BCUT2D eigenvalue weighted by Gasteiger charge is 2.40. The fraction of sp³-hybridized carbons (Fsp3) is 0.462. The zero-order valence-corrected chi connectivity index (χ0v) is 11.0. The van der Waals surface area contributed by atoms with Crippen LogP contribution in [0.15, 0.2) is 30.3 Å². The highest BCUT2D eigenvalue weighted by atomic mass is 16.7. The summed E-state index contributed by atoms with van der Waals surface area (Å²) in [6.45, 7) is 2.17. The summed E-state index contributed by atoms with van der Waals surface area (Å²) < 4.78 is 10.3. The van der Waals surface area contributed by atoms with Crippen LogP contribution in [0.4, 0.5) is 0 Å². The zero-order chi connectivity index (χ0) is 13.6. The molecule has 1 unspecified atom stereocenters. The van der Waals surface area contributed by atoms with E-state index in [0.717, 1.165) is 5.56 Å². The van der Waals surface area contributed by atoms with E-state index >= 15 is 0 Å². The highest BCUT2D eigenvalue weighted by molar-refractivity contribution is 5.84. The van der Waals surface area contributed by atoms with Gasteiger partial charge in [-0.3, -0.25) is 10.1 Å². The van der Waals surface area contributed by atoms with Crippen molar-refractivity contribution in [1.82, 2.24) is 5.32 Å². The first kappa shape index (κ1) is 14.6. The van der Waals surface area contributed by atoms with Crippen molar-refractivity contribution in [2.45, 2.75) is 25.3 Å². The second-order valence-corrected chi connectivity index (χ2v) is 4.21. The van der Waals surface area contributed by atoms with E-state index in [1.165, 1.54) is 14.2 Å². The predicted molar refractivity (Wildman–Crippen MR) is 68.7 cm³/mol. The number of carbonyl (C=O) groups excluding carboxylic acids is 1. The van der Waals surface area contributed by atoms with Crippen LogP contribution in [0.3, 0.4) is 0 Å². The van der Waals surface area contributed by atoms with Gasteiger partial charge in [-0.15, -0.1) is 0 Å². The van der Waals surface area contributed by atoms with Crippen molar-refractivity contribution in [1.29, 1.82) is 0 Å². The lowest BCUT2D eigenvalue weighted by molar-refractivity contribution is -0.166. The average molecular weight is 252 g/mol. The molecule has 1 atom stereocenters. The number of nitrogens with two attached hydrogens (primary N) is 1. The second-order valence-electron chi connectivity index (χ2n) is 4.21. The van der Waals surface area contributed by atoms with Crippen LogP contribution in [-0.4, -0.2) is 32.0 Å². The third-order valence-corrected chi connectivity index (χ3v) is 2.91. The molecule has 0 spiro atoms. The monoisotopic (exact) mass is 252 g/mol. The number of primary amides is 1. The fourth-order valence-corrected chi connectivity index (χ4v) is 1.74. The molecule has 0 aliphatic heterocycles. The molecule has 5 nitrogen and oxygen atoms in total. The fourth-order valence-electron chi connectivity index (χ4n) is 1.74. The van der Waals surface area contributed by atoms with Crippen molar-refractivity contribution in [2.75, 3.05) is 14.2 Å². The molecule has 0 heterocycles. The van der Waals surface area contributed by atoms with E-state index in [2.05, 4.69) is 5.32 Å². The topological polar surface area (TPSA) is 73.6 Å². The van der Waals surface area contributed by atoms with Crippen molar-refractivity contribution >= 4 is 5.91 Å². The molecule has 0 fully saturated rings. The van der Waals surface area contributed by atoms with Gasteiger partial charge in [0.25, 0.3) is 0 Å². The summed E-state index contributed by atoms with van der Waals surface area (Å²) in [6.07, 6.45) is -0.737. The van der Waals surface area contributed by atoms with Gasteiger partial charge in [0.05, 0.1) is 0 Å². The molecule has 0 saturated carbocycles. The van der Waals surface area contributed by atoms with Crippen LogP contribution in [0.2, 0.25) is 0 Å². The Morgan fingerprint density at radius 1 is 1.33 bits per heavy atom. The first-order valence-corrected chi connectivity index (χ1v) is 5.69. The van der Waals surface area contributed by atoms with Crippen LogP contribution >= 0.6 is 0 Å². The third kappa shape index (κ3) is 3.29. The maximum Gasteiger partial charge on any atom is 0.242 e. The average Bonchev–Trinajstić information content (AvgIpc) is 2.38. The molecule has 18 heavy (non-hydrogen) atoms. The van der Waals surface area contributed by atoms with Crippen LogP contribution in [-0.2, 0) is 20.8 Å². The number of ether oxygens (including phenoxy) is 2. The number of hydrogen-bond donors (Lipinski definition) is 2. The number of amides is 1. The van der Waals surface area contributed by atoms with Crippen LogP contribution in [0, 0.1) is 0 Å². The lowest BCUT2D eigenvalue weighted by atomic mass is 10.00. The number of benzene rings is 1. The lowest BCUT2D eigenvalue weighted by Crippen LogP contribution is -2.61. The van der Waals surface area contributed by atoms with E-state index in [-0.39, 0.29) is 0 Å². The quantitative estimate of drug-likeness (QED) is 0.698. The van der Waals surface area contributed by atoms with Gasteiger partial charge in [-0.05, 0) is 12.5 Å². The molecular weight excluding hydrogens is 232 g/mol. The minimum atomic E-state index is -1.08. The summed E-state index contributed by atoms with van der Waals surface area (Å²) >= 11 is 0. The minimum absolute atomic E-state index is 0.503. The Morgan fingerprint density at radius 2 is 1.89 bits per heavy atom. The van der Waals surface area contributed by atoms with Gasteiger partial charge >= 0.3 is 0 Å². The number of nitrogens with one attached hydrogen (secondary N) is 1. The number of rotatable bonds is 7. The van der Waals surface area contributed by atoms with Gasteiger partial charge in [0, 0.05) is 20.8 Å². The van der Waals surface area contributed by atoms with Crippen LogP contribution in [0.25, 0.3) is 0 Å². The Morgan fingerprint density at radius 3 is 2.33 bits per heavy atom. The van der Waals surface area contributed by atoms with E-state index in [9.17, 15) is 4.79 Å². The standard InChI is InChI=1S/C13H20N2O3/c1-13(11(14)16,12(17-2)18-3)15-9-10-7-5-4-6-8-10/h4-8,12,15H,9H2,1-3H3,(H2,14,16). The molecule has 0 aliphatic rings. The molecule has 100 valence electrons. The minimum Gasteiger partial charge on any atom is -0.368 e. The number of methoxy groups -OCH3 is 2. The van der Waals surface area contributed by atoms with E-state index in [4.69, 9.17) is 15.2 Å². The normalized spacial score (nSPS) is 14.4. The molecule has 1 amide bonds. The Hall–Kier alpha value is -1.43. The van der Waals surface area contributed by atoms with Gasteiger partial charge in [-0.25, -0.2) is 0 Å². The maximum absolute atomic E-state index is 11.6. The Kier molecular flexibility index (Phi) is 5.27. The molecule has 5 heteroatoms. The Balaban J connectivity index is 2.77. The molecule has 0 saturated heterocycles. The van der Waals surface area contributed by atoms with E-state index in [1.54, 1.807) is 6.92 Å². The molecule has 1 rings (SSSR count). The van der Waals surface area contributed by atoms with Crippen molar-refractivity contribution in [2.24, 2.45) is 5.73 Å². The summed E-state index contributed by atoms with van der Waals surface area (Å²) in [7, 11) is 2.94. The predicted octanol–water partition coefficient (Wildman–Crippen LogP) is 0.639. The van der Waals surface area contributed by atoms with Crippen molar-refractivity contribution in [3.63, 3.8) is 0 Å². The molecule has 0 aromatic heterocycles. The highest BCUT2D eigenvalue weighted by Crippen LogP contribution is 2.15. The summed E-state index contributed by atoms with van der Waals surface area (Å²) in [4.78, 5) is 11.6. The summed E-state index contributed by atoms with van der Waals surface area (Å²) in [5.41, 5.74) is 5.39. The van der Waals surface area contributed by atoms with E-state index in [1.807, 2.05) is 30.3 Å². The maximum atomic E-state index is 11.6. The van der Waals surface area contributed by atoms with Crippen LogP contribution in [0.1, 0.15) is 12.5 Å². The zero-order valence-electron chi connectivity index (χ0n) is 11.0. The molecular formula is C13H20N2O3. The summed E-state index contributed by atoms with van der Waals surface area (Å²) in [5, 5.41) is 3.09. The van der Waals surface area contributed by atoms with Crippen molar-refractivity contribution in [3.8, 4) is 0 Å². The number of carbonyl (C=O) groups is 1. The van der Waals surface area contributed by atoms with Crippen molar-refractivity contribution < 1.29 is 14.3 Å². The molecule has 0 radical (unpaired) electrons. The SMILES string of the molecule is COC(OC)C(C)(NCc1ccccc1)C(N)=O. The van der Waals surface area contributed by atoms with Gasteiger partial charge < -0.3 is 15.2 Å². The Labute approximate surface area is 107 Å². The first-order chi connectivity index (χ1) is 8.54. The largest absolute Gasteiger partial charge is 0.368 e. The van der Waals surface area contributed by atoms with Gasteiger partial charge in [0.15, 0.2) is 6.29 Å². The molecule has 0 bridgehead atoms. The first-order valence-electron chi connectivity index (χ1n) is 5.69. The van der Waals surface area contributed by atoms with E-state index < -0.39 is 17.7 Å².